The minimum atomic E-state index is -0.469. The minimum Gasteiger partial charge on any atom is -0.349 e. The first-order valence-electron chi connectivity index (χ1n) is 7.77. The summed E-state index contributed by atoms with van der Waals surface area (Å²) in [6.07, 6.45) is 3.82. The summed E-state index contributed by atoms with van der Waals surface area (Å²) in [6.45, 7) is 1.95. The molecule has 0 spiro atoms. The van der Waals surface area contributed by atoms with Crippen LogP contribution in [0, 0.1) is 5.92 Å². The Morgan fingerprint density at radius 1 is 1.38 bits per heavy atom. The topological polar surface area (TPSA) is 74.8 Å². The smallest absolute Gasteiger partial charge is 0.263 e. The van der Waals surface area contributed by atoms with Crippen LogP contribution in [0.25, 0.3) is 0 Å². The van der Waals surface area contributed by atoms with E-state index in [0.29, 0.717) is 27.4 Å². The minimum absolute atomic E-state index is 0.0107. The summed E-state index contributed by atoms with van der Waals surface area (Å²) in [4.78, 5) is 31.2. The molecule has 24 heavy (non-hydrogen) atoms. The molecule has 0 bridgehead atoms. The number of carbonyl (C=O) groups excluding carboxylic acids is 1. The van der Waals surface area contributed by atoms with Crippen molar-refractivity contribution in [2.45, 2.75) is 32.2 Å². The second-order valence-corrected chi connectivity index (χ2v) is 6.86. The molecule has 1 unspecified atom stereocenters. The molecule has 1 aromatic carbocycles. The van der Waals surface area contributed by atoms with Crippen LogP contribution >= 0.6 is 23.2 Å². The Morgan fingerprint density at radius 3 is 2.62 bits per heavy atom. The van der Waals surface area contributed by atoms with Gasteiger partial charge in [-0.2, -0.15) is 0 Å². The third kappa shape index (κ3) is 3.79. The van der Waals surface area contributed by atoms with E-state index in [9.17, 15) is 9.59 Å². The number of H-pyrrole nitrogens is 1. The van der Waals surface area contributed by atoms with Gasteiger partial charge < -0.3 is 10.3 Å². The molecule has 1 aliphatic carbocycles. The number of hydrogen-bond acceptors (Lipinski definition) is 3. The fourth-order valence-electron chi connectivity index (χ4n) is 2.55. The standard InChI is InChI=1S/C17H17Cl2N3O2/c1-9(10-5-6-10)21-16(23)12-8-20-15(22-17(12)24)7-11-13(18)3-2-4-14(11)19/h2-4,8-10H,5-7H2,1H3,(H,21,23)(H,20,22,24). The quantitative estimate of drug-likeness (QED) is 0.854. The molecule has 2 N–H and O–H groups in total. The van der Waals surface area contributed by atoms with Crippen LogP contribution in [0.3, 0.4) is 0 Å². The molecule has 1 atom stereocenters. The van der Waals surface area contributed by atoms with E-state index in [1.807, 2.05) is 6.92 Å². The number of halogens is 2. The Kier molecular flexibility index (Phi) is 4.92. The van der Waals surface area contributed by atoms with Crippen LogP contribution in [0.15, 0.2) is 29.2 Å². The fourth-order valence-corrected chi connectivity index (χ4v) is 3.08. The van der Waals surface area contributed by atoms with Crippen molar-refractivity contribution in [3.8, 4) is 0 Å². The summed E-state index contributed by atoms with van der Waals surface area (Å²) >= 11 is 12.3. The van der Waals surface area contributed by atoms with Crippen molar-refractivity contribution in [3.63, 3.8) is 0 Å². The van der Waals surface area contributed by atoms with Gasteiger partial charge in [0, 0.05) is 28.7 Å². The van der Waals surface area contributed by atoms with Gasteiger partial charge in [0.05, 0.1) is 0 Å². The van der Waals surface area contributed by atoms with Gasteiger partial charge in [-0.05, 0) is 43.4 Å². The first-order chi connectivity index (χ1) is 11.5. The van der Waals surface area contributed by atoms with Gasteiger partial charge in [0.1, 0.15) is 11.4 Å². The summed E-state index contributed by atoms with van der Waals surface area (Å²) in [5.74, 6) is 0.523. The molecule has 1 saturated carbocycles. The zero-order valence-electron chi connectivity index (χ0n) is 13.1. The molecule has 2 aromatic rings. The molecule has 1 amide bonds. The van der Waals surface area contributed by atoms with Gasteiger partial charge in [0.15, 0.2) is 0 Å². The molecule has 1 heterocycles. The Bertz CT molecular complexity index is 811. The first-order valence-corrected chi connectivity index (χ1v) is 8.53. The van der Waals surface area contributed by atoms with Gasteiger partial charge in [-0.3, -0.25) is 9.59 Å². The lowest BCUT2D eigenvalue weighted by atomic mass is 10.1. The van der Waals surface area contributed by atoms with E-state index in [1.165, 1.54) is 6.20 Å². The van der Waals surface area contributed by atoms with E-state index in [0.717, 1.165) is 12.8 Å². The van der Waals surface area contributed by atoms with Crippen LogP contribution in [0.5, 0.6) is 0 Å². The first kappa shape index (κ1) is 17.0. The summed E-state index contributed by atoms with van der Waals surface area (Å²) in [6, 6.07) is 5.27. The van der Waals surface area contributed by atoms with E-state index in [4.69, 9.17) is 23.2 Å². The molecule has 0 saturated heterocycles. The van der Waals surface area contributed by atoms with Crippen molar-refractivity contribution in [2.75, 3.05) is 0 Å². The van der Waals surface area contributed by atoms with Crippen LogP contribution in [-0.2, 0) is 6.42 Å². The molecule has 5 nitrogen and oxygen atoms in total. The molecule has 7 heteroatoms. The third-order valence-electron chi connectivity index (χ3n) is 4.19. The second kappa shape index (κ2) is 6.95. The average Bonchev–Trinajstić information content (AvgIpc) is 3.36. The highest BCUT2D eigenvalue weighted by Gasteiger charge is 2.29. The molecule has 0 radical (unpaired) electrons. The monoisotopic (exact) mass is 365 g/mol. The van der Waals surface area contributed by atoms with E-state index >= 15 is 0 Å². The zero-order valence-corrected chi connectivity index (χ0v) is 14.6. The van der Waals surface area contributed by atoms with E-state index in [1.54, 1.807) is 18.2 Å². The Hall–Kier alpha value is -1.85. The fraction of sp³-hybridized carbons (Fsp3) is 0.353. The molecular weight excluding hydrogens is 349 g/mol. The lowest BCUT2D eigenvalue weighted by Crippen LogP contribution is -2.37. The summed E-state index contributed by atoms with van der Waals surface area (Å²) < 4.78 is 0. The van der Waals surface area contributed by atoms with Gasteiger partial charge in [0.2, 0.25) is 0 Å². The maximum absolute atomic E-state index is 12.2. The molecule has 3 rings (SSSR count). The number of aromatic amines is 1. The zero-order chi connectivity index (χ0) is 17.3. The van der Waals surface area contributed by atoms with Gasteiger partial charge in [-0.25, -0.2) is 4.98 Å². The molecular formula is C17H17Cl2N3O2. The van der Waals surface area contributed by atoms with E-state index < -0.39 is 11.5 Å². The van der Waals surface area contributed by atoms with Gasteiger partial charge in [-0.15, -0.1) is 0 Å². The van der Waals surface area contributed by atoms with Gasteiger partial charge in [-0.1, -0.05) is 29.3 Å². The average molecular weight is 366 g/mol. The van der Waals surface area contributed by atoms with E-state index in [2.05, 4.69) is 15.3 Å². The van der Waals surface area contributed by atoms with Crippen molar-refractivity contribution in [1.29, 1.82) is 0 Å². The van der Waals surface area contributed by atoms with Crippen molar-refractivity contribution in [3.05, 3.63) is 61.7 Å². The van der Waals surface area contributed by atoms with Crippen LogP contribution in [-0.4, -0.2) is 21.9 Å². The lowest BCUT2D eigenvalue weighted by molar-refractivity contribution is 0.0934. The SMILES string of the molecule is CC(NC(=O)c1cnc(Cc2c(Cl)cccc2Cl)[nH]c1=O)C1CC1. The van der Waals surface area contributed by atoms with Gasteiger partial charge in [0.25, 0.3) is 11.5 Å². The summed E-state index contributed by atoms with van der Waals surface area (Å²) in [5.41, 5.74) is 0.226. The Morgan fingerprint density at radius 2 is 2.04 bits per heavy atom. The maximum Gasteiger partial charge on any atom is 0.263 e. The molecule has 126 valence electrons. The second-order valence-electron chi connectivity index (χ2n) is 6.05. The molecule has 1 fully saturated rings. The number of rotatable bonds is 5. The lowest BCUT2D eigenvalue weighted by Gasteiger charge is -2.12. The Balaban J connectivity index is 1.77. The Labute approximate surface area is 149 Å². The maximum atomic E-state index is 12.2. The van der Waals surface area contributed by atoms with Crippen LogP contribution in [0.4, 0.5) is 0 Å². The predicted molar refractivity (Wildman–Crippen MR) is 93.8 cm³/mol. The number of carbonyl (C=O) groups is 1. The highest BCUT2D eigenvalue weighted by molar-refractivity contribution is 6.36. The predicted octanol–water partition coefficient (Wildman–Crippen LogP) is 3.20. The molecule has 1 aromatic heterocycles. The number of hydrogen-bond donors (Lipinski definition) is 2. The third-order valence-corrected chi connectivity index (χ3v) is 4.90. The van der Waals surface area contributed by atoms with Crippen LogP contribution < -0.4 is 10.9 Å². The summed E-state index contributed by atoms with van der Waals surface area (Å²) in [5, 5.41) is 3.85. The number of nitrogens with one attached hydrogen (secondary N) is 2. The summed E-state index contributed by atoms with van der Waals surface area (Å²) in [7, 11) is 0. The number of nitrogens with zero attached hydrogens (tertiary/aromatic N) is 1. The van der Waals surface area contributed by atoms with Crippen molar-refractivity contribution < 1.29 is 4.79 Å². The molecule has 0 aliphatic heterocycles. The largest absolute Gasteiger partial charge is 0.349 e. The van der Waals surface area contributed by atoms with Crippen molar-refractivity contribution >= 4 is 29.1 Å². The highest BCUT2D eigenvalue weighted by atomic mass is 35.5. The molecule has 1 aliphatic rings. The van der Waals surface area contributed by atoms with Crippen molar-refractivity contribution in [2.24, 2.45) is 5.92 Å². The highest BCUT2D eigenvalue weighted by Crippen LogP contribution is 2.32. The number of amides is 1. The van der Waals surface area contributed by atoms with Gasteiger partial charge >= 0.3 is 0 Å². The van der Waals surface area contributed by atoms with Crippen molar-refractivity contribution in [1.82, 2.24) is 15.3 Å². The van der Waals surface area contributed by atoms with Crippen LogP contribution in [0.1, 0.15) is 41.5 Å². The van der Waals surface area contributed by atoms with Crippen LogP contribution in [0.2, 0.25) is 10.0 Å². The normalized spacial score (nSPS) is 15.1. The van der Waals surface area contributed by atoms with E-state index in [-0.39, 0.29) is 18.0 Å². The number of aromatic nitrogens is 2. The number of benzene rings is 1.